The van der Waals surface area contributed by atoms with Crippen molar-refractivity contribution in [3.8, 4) is 0 Å². The fraction of sp³-hybridized carbons (Fsp3) is 0.0667. The lowest BCUT2D eigenvalue weighted by molar-refractivity contribution is 0.0698. The number of sulfone groups is 2. The van der Waals surface area contributed by atoms with Crippen LogP contribution >= 0.6 is 0 Å². The smallest absolute Gasteiger partial charge is 0.397 e. The van der Waals surface area contributed by atoms with Gasteiger partial charge in [0.15, 0.2) is 19.7 Å². The second kappa shape index (κ2) is 16.9. The Hall–Kier alpha value is -6.47. The third kappa shape index (κ3) is 10.3. The Bertz CT molecular complexity index is 2490. The van der Waals surface area contributed by atoms with Crippen LogP contribution in [0.1, 0.15) is 10.4 Å². The molecule has 282 valence electrons. The normalized spacial score (nSPS) is 12.3. The summed E-state index contributed by atoms with van der Waals surface area (Å²) in [4.78, 5) is 17.0. The summed E-state index contributed by atoms with van der Waals surface area (Å²) in [7, 11) is -12.7. The minimum absolute atomic E-state index is 0.0114. The van der Waals surface area contributed by atoms with Crippen molar-refractivity contribution in [2.24, 2.45) is 30.7 Å². The van der Waals surface area contributed by atoms with E-state index in [-0.39, 0.29) is 38.2 Å². The second-order valence-electron chi connectivity index (χ2n) is 10.3. The van der Waals surface area contributed by atoms with E-state index >= 15 is 0 Å². The first-order chi connectivity index (χ1) is 25.5. The van der Waals surface area contributed by atoms with Crippen LogP contribution in [0.4, 0.5) is 51.2 Å². The standard InChI is InChI=1S/C30H28N10O11S3/c1-2-52(43,44)22-11-7-20(8-12-22)36-39-29-25(32)27(37-34-18-3-5-21(6-4-18)40-50-17-31)24(30(41)42)28(26(29)33)38-35-19-9-13-23(14-10-19)53(45,46)16-15-51-54(47,48)49/h2-14,17,31,40H,1,15-16,32-33H2,(H,41,42)(H,47,48,49). The van der Waals surface area contributed by atoms with E-state index in [0.717, 1.165) is 17.5 Å². The number of nitrogen functional groups attached to an aromatic ring is 2. The van der Waals surface area contributed by atoms with Crippen LogP contribution in [0.25, 0.3) is 0 Å². The monoisotopic (exact) mass is 800 g/mol. The summed E-state index contributed by atoms with van der Waals surface area (Å²) in [5.74, 6) is -2.39. The molecule has 4 aromatic rings. The quantitative estimate of drug-likeness (QED) is 0.0171. The molecule has 0 aliphatic carbocycles. The number of nitrogens with one attached hydrogen (secondary N) is 2. The molecule has 0 atom stereocenters. The van der Waals surface area contributed by atoms with Crippen molar-refractivity contribution in [1.82, 2.24) is 0 Å². The average Bonchev–Trinajstić information content (AvgIpc) is 3.13. The predicted octanol–water partition coefficient (Wildman–Crippen LogP) is 6.26. The summed E-state index contributed by atoms with van der Waals surface area (Å²) < 4.78 is 83.5. The molecule has 0 aromatic heterocycles. The average molecular weight is 801 g/mol. The van der Waals surface area contributed by atoms with Gasteiger partial charge < -0.3 is 21.4 Å². The van der Waals surface area contributed by atoms with Crippen molar-refractivity contribution in [2.75, 3.05) is 29.3 Å². The van der Waals surface area contributed by atoms with E-state index < -0.39 is 71.0 Å². The third-order valence-electron chi connectivity index (χ3n) is 6.77. The van der Waals surface area contributed by atoms with Gasteiger partial charge in [0.25, 0.3) is 0 Å². The Morgan fingerprint density at radius 1 is 0.741 bits per heavy atom. The molecule has 0 fully saturated rings. The fourth-order valence-corrected chi connectivity index (χ4v) is 6.37. The molecule has 21 nitrogen and oxygen atoms in total. The zero-order chi connectivity index (χ0) is 39.7. The van der Waals surface area contributed by atoms with Crippen LogP contribution in [0.15, 0.2) is 125 Å². The molecule has 0 saturated heterocycles. The maximum atomic E-state index is 12.7. The van der Waals surface area contributed by atoms with Gasteiger partial charge in [0.2, 0.25) is 6.40 Å². The van der Waals surface area contributed by atoms with E-state index in [9.17, 15) is 35.2 Å². The number of hydrogen-bond acceptors (Lipinski definition) is 19. The van der Waals surface area contributed by atoms with Gasteiger partial charge in [0, 0.05) is 5.41 Å². The highest BCUT2D eigenvalue weighted by atomic mass is 32.3. The van der Waals surface area contributed by atoms with E-state index in [1.165, 1.54) is 60.7 Å². The zero-order valence-corrected chi connectivity index (χ0v) is 29.8. The molecule has 0 unspecified atom stereocenters. The highest BCUT2D eigenvalue weighted by molar-refractivity contribution is 7.94. The van der Waals surface area contributed by atoms with Crippen LogP contribution in [0, 0.1) is 5.41 Å². The summed E-state index contributed by atoms with van der Waals surface area (Å²) >= 11 is 0. The van der Waals surface area contributed by atoms with Crippen molar-refractivity contribution < 1.29 is 48.7 Å². The number of hydrogen-bond donors (Lipinski definition) is 6. The first-order valence-corrected chi connectivity index (χ1v) is 19.2. The van der Waals surface area contributed by atoms with E-state index in [1.54, 1.807) is 0 Å². The van der Waals surface area contributed by atoms with Gasteiger partial charge >= 0.3 is 16.4 Å². The number of nitrogens with zero attached hydrogens (tertiary/aromatic N) is 6. The molecule has 0 spiro atoms. The summed E-state index contributed by atoms with van der Waals surface area (Å²) in [6.07, 6.45) is 0.673. The van der Waals surface area contributed by atoms with Gasteiger partial charge in [0.1, 0.15) is 22.6 Å². The highest BCUT2D eigenvalue weighted by Gasteiger charge is 2.27. The van der Waals surface area contributed by atoms with E-state index in [0.29, 0.717) is 12.1 Å². The lowest BCUT2D eigenvalue weighted by Gasteiger charge is -2.13. The molecule has 4 rings (SSSR count). The van der Waals surface area contributed by atoms with E-state index in [2.05, 4.69) is 51.8 Å². The van der Waals surface area contributed by atoms with Crippen molar-refractivity contribution in [3.63, 3.8) is 0 Å². The lowest BCUT2D eigenvalue weighted by Crippen LogP contribution is -2.15. The maximum Gasteiger partial charge on any atom is 0.397 e. The molecule has 0 heterocycles. The Labute approximate surface area is 307 Å². The molecule has 0 radical (unpaired) electrons. The largest absolute Gasteiger partial charge is 0.478 e. The van der Waals surface area contributed by atoms with Crippen molar-refractivity contribution in [3.05, 3.63) is 90.3 Å². The number of rotatable bonds is 17. The molecule has 0 bridgehead atoms. The van der Waals surface area contributed by atoms with Crippen LogP contribution in [0.3, 0.4) is 0 Å². The van der Waals surface area contributed by atoms with Crippen LogP contribution in [-0.4, -0.2) is 59.6 Å². The van der Waals surface area contributed by atoms with Gasteiger partial charge in [-0.1, -0.05) is 6.58 Å². The number of aromatic carboxylic acids is 1. The van der Waals surface area contributed by atoms with Gasteiger partial charge in [-0.3, -0.25) is 9.96 Å². The van der Waals surface area contributed by atoms with Crippen LogP contribution in [-0.2, 0) is 39.1 Å². The minimum atomic E-state index is -4.85. The Kier molecular flexibility index (Phi) is 12.6. The van der Waals surface area contributed by atoms with E-state index in [1.807, 2.05) is 0 Å². The molecule has 4 aromatic carbocycles. The number of carboxylic acids is 1. The first kappa shape index (κ1) is 40.3. The Morgan fingerprint density at radius 3 is 1.61 bits per heavy atom. The Morgan fingerprint density at radius 2 is 1.19 bits per heavy atom. The maximum absolute atomic E-state index is 12.7. The van der Waals surface area contributed by atoms with Crippen molar-refractivity contribution in [1.29, 1.82) is 5.41 Å². The van der Waals surface area contributed by atoms with Crippen molar-refractivity contribution >= 4 is 93.6 Å². The van der Waals surface area contributed by atoms with Crippen LogP contribution in [0.5, 0.6) is 0 Å². The molecule has 0 aliphatic rings. The molecule has 24 heteroatoms. The molecular formula is C30H28N10O11S3. The number of nitrogens with two attached hydrogens (primary N) is 2. The summed E-state index contributed by atoms with van der Waals surface area (Å²) in [6.45, 7) is 2.43. The topological polar surface area (TPSA) is 340 Å². The number of anilines is 3. The SMILES string of the molecule is C=CS(=O)(=O)c1ccc(N=Nc2c(N)c(N=Nc3ccc(NOC=N)cc3)c(C(=O)O)c(N=Nc3ccc(S(=O)(=O)CCOS(=O)(=O)O)cc3)c2N)cc1. The summed E-state index contributed by atoms with van der Waals surface area (Å²) in [5.41, 5.74) is 13.3. The molecule has 0 amide bonds. The van der Waals surface area contributed by atoms with Crippen LogP contribution < -0.4 is 16.9 Å². The fourth-order valence-electron chi connectivity index (χ4n) is 4.17. The summed E-state index contributed by atoms with van der Waals surface area (Å²) in [5, 5.41) is 42.2. The Balaban J connectivity index is 1.79. The van der Waals surface area contributed by atoms with Gasteiger partial charge in [-0.25, -0.2) is 31.3 Å². The third-order valence-corrected chi connectivity index (χ3v) is 10.3. The highest BCUT2D eigenvalue weighted by Crippen LogP contribution is 2.49. The predicted molar refractivity (Wildman–Crippen MR) is 195 cm³/mol. The van der Waals surface area contributed by atoms with Gasteiger partial charge in [-0.15, -0.1) is 15.3 Å². The molecule has 8 N–H and O–H groups in total. The number of carboxylic acid groups (broad SMARTS) is 1. The number of azo groups is 3. The molecule has 0 saturated carbocycles. The molecule has 54 heavy (non-hydrogen) atoms. The first-order valence-electron chi connectivity index (χ1n) is 14.6. The summed E-state index contributed by atoms with van der Waals surface area (Å²) in [6, 6.07) is 15.8. The van der Waals surface area contributed by atoms with Gasteiger partial charge in [-0.05, 0) is 72.8 Å². The molecule has 0 aliphatic heterocycles. The van der Waals surface area contributed by atoms with E-state index in [4.69, 9.17) is 21.4 Å². The van der Waals surface area contributed by atoms with Gasteiger partial charge in [0.05, 0.1) is 56.3 Å². The molecular weight excluding hydrogens is 773 g/mol. The minimum Gasteiger partial charge on any atom is -0.478 e. The van der Waals surface area contributed by atoms with Gasteiger partial charge in [-0.2, -0.15) is 23.8 Å². The van der Waals surface area contributed by atoms with Crippen molar-refractivity contribution in [2.45, 2.75) is 9.79 Å². The zero-order valence-electron chi connectivity index (χ0n) is 27.3. The second-order valence-corrected chi connectivity index (χ2v) is 15.4. The number of benzene rings is 4. The lowest BCUT2D eigenvalue weighted by atomic mass is 10.1. The van der Waals surface area contributed by atoms with Crippen LogP contribution in [0.2, 0.25) is 0 Å². The number of carbonyl (C=O) groups is 1.